The fraction of sp³-hybridized carbons (Fsp3) is 0.381. The fourth-order valence-corrected chi connectivity index (χ4v) is 3.23. The largest absolute Gasteiger partial charge is 0.493 e. The average molecular weight is 406 g/mol. The van der Waals surface area contributed by atoms with Gasteiger partial charge in [0.1, 0.15) is 12.4 Å². The average Bonchev–Trinajstić information content (AvgIpc) is 2.73. The summed E-state index contributed by atoms with van der Waals surface area (Å²) < 4.78 is 19.2. The van der Waals surface area contributed by atoms with Crippen molar-refractivity contribution >= 4 is 23.2 Å². The maximum atomic E-state index is 13.5. The highest BCUT2D eigenvalue weighted by Crippen LogP contribution is 2.23. The lowest BCUT2D eigenvalue weighted by Gasteiger charge is -2.27. The summed E-state index contributed by atoms with van der Waals surface area (Å²) in [4.78, 5) is 14.8. The van der Waals surface area contributed by atoms with Gasteiger partial charge in [-0.2, -0.15) is 0 Å². The van der Waals surface area contributed by atoms with E-state index in [1.165, 1.54) is 6.07 Å². The van der Waals surface area contributed by atoms with E-state index in [0.717, 1.165) is 39.1 Å². The predicted molar refractivity (Wildman–Crippen MR) is 110 cm³/mol. The molecule has 1 aliphatic rings. The highest BCUT2D eigenvalue weighted by Gasteiger charge is 2.12. The maximum absolute atomic E-state index is 13.5. The van der Waals surface area contributed by atoms with Gasteiger partial charge in [-0.25, -0.2) is 4.39 Å². The summed E-state index contributed by atoms with van der Waals surface area (Å²) >= 11 is 5.84. The van der Waals surface area contributed by atoms with Crippen LogP contribution in [-0.2, 0) is 6.67 Å². The van der Waals surface area contributed by atoms with Crippen molar-refractivity contribution < 1.29 is 13.9 Å². The van der Waals surface area contributed by atoms with Gasteiger partial charge in [0.05, 0.1) is 6.61 Å². The molecule has 150 valence electrons. The molecule has 2 aromatic carbocycles. The van der Waals surface area contributed by atoms with Crippen molar-refractivity contribution in [2.75, 3.05) is 44.6 Å². The minimum Gasteiger partial charge on any atom is -0.493 e. The molecular weight excluding hydrogens is 381 g/mol. The van der Waals surface area contributed by atoms with Crippen LogP contribution in [0.25, 0.3) is 0 Å². The smallest absolute Gasteiger partial charge is 0.255 e. The van der Waals surface area contributed by atoms with Gasteiger partial charge >= 0.3 is 0 Å². The molecule has 0 saturated carbocycles. The number of halogens is 2. The number of nitrogens with one attached hydrogen (secondary N) is 2. The second-order valence-electron chi connectivity index (χ2n) is 6.71. The zero-order valence-corrected chi connectivity index (χ0v) is 16.5. The molecule has 0 bridgehead atoms. The van der Waals surface area contributed by atoms with Gasteiger partial charge in [0, 0.05) is 54.6 Å². The number of hydrogen-bond donors (Lipinski definition) is 2. The van der Waals surface area contributed by atoms with Gasteiger partial charge in [-0.05, 0) is 48.9 Å². The Balaban J connectivity index is 1.53. The molecular formula is C21H25ClFN3O2. The molecule has 1 aliphatic heterocycles. The lowest BCUT2D eigenvalue weighted by molar-refractivity contribution is 0.102. The van der Waals surface area contributed by atoms with Crippen molar-refractivity contribution in [2.45, 2.75) is 13.1 Å². The van der Waals surface area contributed by atoms with E-state index in [0.29, 0.717) is 34.2 Å². The molecule has 2 aromatic rings. The SMILES string of the molecule is O=C(Nc1ccc(Cl)cc1)c1ccc(OCCCN2CCNCC2)c(CF)c1. The number of rotatable bonds is 8. The van der Waals surface area contributed by atoms with E-state index in [-0.39, 0.29) is 5.91 Å². The van der Waals surface area contributed by atoms with E-state index in [1.807, 2.05) is 0 Å². The Labute approximate surface area is 169 Å². The molecule has 0 aliphatic carbocycles. The van der Waals surface area contributed by atoms with Crippen LogP contribution in [0.15, 0.2) is 42.5 Å². The number of amides is 1. The Morgan fingerprint density at radius 3 is 2.64 bits per heavy atom. The number of carbonyl (C=O) groups excluding carboxylic acids is 1. The number of hydrogen-bond acceptors (Lipinski definition) is 4. The number of anilines is 1. The third kappa shape index (κ3) is 5.92. The van der Waals surface area contributed by atoms with Crippen molar-refractivity contribution in [1.82, 2.24) is 10.2 Å². The first-order chi connectivity index (χ1) is 13.7. The van der Waals surface area contributed by atoms with Crippen LogP contribution in [0.5, 0.6) is 5.75 Å². The molecule has 2 N–H and O–H groups in total. The molecule has 28 heavy (non-hydrogen) atoms. The van der Waals surface area contributed by atoms with E-state index in [4.69, 9.17) is 16.3 Å². The van der Waals surface area contributed by atoms with Gasteiger partial charge in [0.25, 0.3) is 5.91 Å². The zero-order chi connectivity index (χ0) is 19.8. The summed E-state index contributed by atoms with van der Waals surface area (Å²) in [5.74, 6) is 0.188. The van der Waals surface area contributed by atoms with Crippen LogP contribution >= 0.6 is 11.6 Å². The Hall–Kier alpha value is -2.15. The van der Waals surface area contributed by atoms with E-state index >= 15 is 0 Å². The summed E-state index contributed by atoms with van der Waals surface area (Å²) in [5.41, 5.74) is 1.39. The van der Waals surface area contributed by atoms with Gasteiger partial charge < -0.3 is 20.3 Å². The molecule has 1 saturated heterocycles. The van der Waals surface area contributed by atoms with Gasteiger partial charge in [-0.1, -0.05) is 11.6 Å². The Bertz CT molecular complexity index is 780. The molecule has 0 spiro atoms. The van der Waals surface area contributed by atoms with Gasteiger partial charge in [-0.15, -0.1) is 0 Å². The monoisotopic (exact) mass is 405 g/mol. The van der Waals surface area contributed by atoms with Crippen molar-refractivity contribution in [3.63, 3.8) is 0 Å². The summed E-state index contributed by atoms with van der Waals surface area (Å²) in [5, 5.41) is 6.69. The summed E-state index contributed by atoms with van der Waals surface area (Å²) in [6.45, 7) is 4.94. The third-order valence-electron chi connectivity index (χ3n) is 4.65. The van der Waals surface area contributed by atoms with Gasteiger partial charge in [0.15, 0.2) is 0 Å². The first-order valence-corrected chi connectivity index (χ1v) is 9.85. The highest BCUT2D eigenvalue weighted by molar-refractivity contribution is 6.30. The third-order valence-corrected chi connectivity index (χ3v) is 4.91. The van der Waals surface area contributed by atoms with Crippen LogP contribution in [0, 0.1) is 0 Å². The maximum Gasteiger partial charge on any atom is 0.255 e. The summed E-state index contributed by atoms with van der Waals surface area (Å²) in [7, 11) is 0. The van der Waals surface area contributed by atoms with Gasteiger partial charge in [-0.3, -0.25) is 4.79 Å². The number of nitrogens with zero attached hydrogens (tertiary/aromatic N) is 1. The van der Waals surface area contributed by atoms with Crippen molar-refractivity contribution in [3.05, 3.63) is 58.6 Å². The number of ether oxygens (including phenoxy) is 1. The minimum atomic E-state index is -0.685. The second-order valence-corrected chi connectivity index (χ2v) is 7.15. The Kier molecular flexibility index (Phi) is 7.65. The van der Waals surface area contributed by atoms with E-state index in [1.54, 1.807) is 36.4 Å². The number of benzene rings is 2. The van der Waals surface area contributed by atoms with E-state index < -0.39 is 6.67 Å². The highest BCUT2D eigenvalue weighted by atomic mass is 35.5. The Morgan fingerprint density at radius 2 is 1.93 bits per heavy atom. The molecule has 3 rings (SSSR count). The predicted octanol–water partition coefficient (Wildman–Crippen LogP) is 3.74. The summed E-state index contributed by atoms with van der Waals surface area (Å²) in [6, 6.07) is 11.7. The van der Waals surface area contributed by atoms with Crippen LogP contribution in [0.1, 0.15) is 22.3 Å². The quantitative estimate of drug-likeness (QED) is 0.657. The molecule has 7 heteroatoms. The van der Waals surface area contributed by atoms with Crippen LogP contribution in [0.3, 0.4) is 0 Å². The number of carbonyl (C=O) groups is 1. The van der Waals surface area contributed by atoms with Crippen molar-refractivity contribution in [2.24, 2.45) is 0 Å². The van der Waals surface area contributed by atoms with Crippen LogP contribution in [0.2, 0.25) is 5.02 Å². The van der Waals surface area contributed by atoms with E-state index in [9.17, 15) is 9.18 Å². The fourth-order valence-electron chi connectivity index (χ4n) is 3.11. The molecule has 0 radical (unpaired) electrons. The van der Waals surface area contributed by atoms with E-state index in [2.05, 4.69) is 15.5 Å². The molecule has 1 amide bonds. The standard InChI is InChI=1S/C21H25ClFN3O2/c22-18-3-5-19(6-4-18)25-21(27)16-2-7-20(17(14-16)15-23)28-13-1-10-26-11-8-24-9-12-26/h2-7,14,24H,1,8-13,15H2,(H,25,27). The molecule has 5 nitrogen and oxygen atoms in total. The van der Waals surface area contributed by atoms with Crippen molar-refractivity contribution in [3.8, 4) is 5.75 Å². The van der Waals surface area contributed by atoms with Crippen LogP contribution < -0.4 is 15.4 Å². The Morgan fingerprint density at radius 1 is 1.18 bits per heavy atom. The first kappa shape index (κ1) is 20.6. The normalized spacial score (nSPS) is 14.6. The summed E-state index contributed by atoms with van der Waals surface area (Å²) in [6.07, 6.45) is 0.879. The van der Waals surface area contributed by atoms with Crippen LogP contribution in [0.4, 0.5) is 10.1 Å². The molecule has 0 aromatic heterocycles. The lowest BCUT2D eigenvalue weighted by atomic mass is 10.1. The number of alkyl halides is 1. The minimum absolute atomic E-state index is 0.303. The molecule has 1 heterocycles. The topological polar surface area (TPSA) is 53.6 Å². The number of piperazine rings is 1. The van der Waals surface area contributed by atoms with Crippen molar-refractivity contribution in [1.29, 1.82) is 0 Å². The molecule has 0 atom stereocenters. The first-order valence-electron chi connectivity index (χ1n) is 9.47. The van der Waals surface area contributed by atoms with Gasteiger partial charge in [0.2, 0.25) is 0 Å². The lowest BCUT2D eigenvalue weighted by Crippen LogP contribution is -2.43. The second kappa shape index (κ2) is 10.4. The molecule has 0 unspecified atom stereocenters. The zero-order valence-electron chi connectivity index (χ0n) is 15.7. The van der Waals surface area contributed by atoms with Crippen LogP contribution in [-0.4, -0.2) is 50.1 Å². The molecule has 1 fully saturated rings.